The molecule has 1 aromatic carbocycles. The Morgan fingerprint density at radius 1 is 1.14 bits per heavy atom. The first-order valence-electron chi connectivity index (χ1n) is 7.02. The molecule has 6 heteroatoms. The molecular weight excluding hydrogens is 270 g/mol. The van der Waals surface area contributed by atoms with E-state index in [2.05, 4.69) is 10.1 Å². The maximum absolute atomic E-state index is 12.1. The van der Waals surface area contributed by atoms with E-state index >= 15 is 0 Å². The molecule has 114 valence electrons. The number of benzene rings is 1. The molecule has 0 aliphatic carbocycles. The van der Waals surface area contributed by atoms with Crippen LogP contribution in [0.25, 0.3) is 0 Å². The number of hydrogen-bond donors (Lipinski definition) is 1. The summed E-state index contributed by atoms with van der Waals surface area (Å²) >= 11 is 0. The predicted molar refractivity (Wildman–Crippen MR) is 79.0 cm³/mol. The molecule has 3 amide bonds. The van der Waals surface area contributed by atoms with E-state index in [0.29, 0.717) is 32.7 Å². The van der Waals surface area contributed by atoms with Crippen LogP contribution in [0.15, 0.2) is 24.3 Å². The van der Waals surface area contributed by atoms with E-state index in [-0.39, 0.29) is 12.1 Å². The highest BCUT2D eigenvalue weighted by Gasteiger charge is 2.24. The van der Waals surface area contributed by atoms with Gasteiger partial charge in [0, 0.05) is 32.7 Å². The molecule has 1 N–H and O–H groups in total. The van der Waals surface area contributed by atoms with Crippen LogP contribution in [-0.2, 0) is 11.3 Å². The minimum Gasteiger partial charge on any atom is -0.453 e. The lowest BCUT2D eigenvalue weighted by Crippen LogP contribution is -2.53. The third-order valence-corrected chi connectivity index (χ3v) is 3.69. The van der Waals surface area contributed by atoms with Gasteiger partial charge in [-0.05, 0) is 18.1 Å². The van der Waals surface area contributed by atoms with Gasteiger partial charge in [0.1, 0.15) is 0 Å². The monoisotopic (exact) mass is 291 g/mol. The van der Waals surface area contributed by atoms with Crippen LogP contribution in [0.2, 0.25) is 0 Å². The summed E-state index contributed by atoms with van der Waals surface area (Å²) in [5, 5.41) is 2.92. The van der Waals surface area contributed by atoms with Gasteiger partial charge in [-0.25, -0.2) is 9.59 Å². The van der Waals surface area contributed by atoms with Gasteiger partial charge < -0.3 is 19.9 Å². The van der Waals surface area contributed by atoms with E-state index in [0.717, 1.165) is 11.1 Å². The zero-order valence-corrected chi connectivity index (χ0v) is 12.5. The smallest absolute Gasteiger partial charge is 0.409 e. The Labute approximate surface area is 124 Å². The van der Waals surface area contributed by atoms with Gasteiger partial charge in [0.2, 0.25) is 0 Å². The number of aryl methyl sites for hydroxylation is 1. The summed E-state index contributed by atoms with van der Waals surface area (Å²) < 4.78 is 4.67. The number of nitrogens with zero attached hydrogens (tertiary/aromatic N) is 2. The molecule has 0 aromatic heterocycles. The van der Waals surface area contributed by atoms with Crippen LogP contribution in [0.4, 0.5) is 9.59 Å². The van der Waals surface area contributed by atoms with Gasteiger partial charge in [-0.1, -0.05) is 24.3 Å². The average Bonchev–Trinajstić information content (AvgIpc) is 2.53. The Bertz CT molecular complexity index is 511. The number of carbonyl (C=O) groups excluding carboxylic acids is 2. The van der Waals surface area contributed by atoms with Crippen LogP contribution in [0.5, 0.6) is 0 Å². The van der Waals surface area contributed by atoms with E-state index in [1.54, 1.807) is 9.80 Å². The molecule has 0 unspecified atom stereocenters. The zero-order chi connectivity index (χ0) is 15.2. The number of nitrogens with one attached hydrogen (secondary N) is 1. The summed E-state index contributed by atoms with van der Waals surface area (Å²) in [6, 6.07) is 7.88. The second-order valence-corrected chi connectivity index (χ2v) is 5.03. The molecule has 1 saturated heterocycles. The first-order chi connectivity index (χ1) is 10.1. The summed E-state index contributed by atoms with van der Waals surface area (Å²) in [6.45, 7) is 4.59. The lowest BCUT2D eigenvalue weighted by molar-refractivity contribution is 0.0970. The number of methoxy groups -OCH3 is 1. The number of carbonyl (C=O) groups is 2. The minimum atomic E-state index is -0.338. The molecule has 0 radical (unpaired) electrons. The van der Waals surface area contributed by atoms with Crippen molar-refractivity contribution in [3.63, 3.8) is 0 Å². The molecule has 1 fully saturated rings. The summed E-state index contributed by atoms with van der Waals surface area (Å²) in [5.74, 6) is 0. The molecular formula is C15H21N3O3. The quantitative estimate of drug-likeness (QED) is 0.900. The second kappa shape index (κ2) is 6.97. The Morgan fingerprint density at radius 3 is 2.38 bits per heavy atom. The van der Waals surface area contributed by atoms with Gasteiger partial charge in [0.25, 0.3) is 0 Å². The van der Waals surface area contributed by atoms with Gasteiger partial charge in [-0.3, -0.25) is 0 Å². The van der Waals surface area contributed by atoms with Gasteiger partial charge in [-0.15, -0.1) is 0 Å². The summed E-state index contributed by atoms with van der Waals surface area (Å²) in [5.41, 5.74) is 2.27. The van der Waals surface area contributed by atoms with E-state index in [1.807, 2.05) is 31.2 Å². The van der Waals surface area contributed by atoms with Crippen LogP contribution in [-0.4, -0.2) is 55.2 Å². The number of urea groups is 1. The van der Waals surface area contributed by atoms with Gasteiger partial charge in [0.15, 0.2) is 0 Å². The Morgan fingerprint density at radius 2 is 1.76 bits per heavy atom. The third-order valence-electron chi connectivity index (χ3n) is 3.69. The van der Waals surface area contributed by atoms with Gasteiger partial charge in [0.05, 0.1) is 7.11 Å². The molecule has 0 bridgehead atoms. The number of piperazine rings is 1. The Hall–Kier alpha value is -2.24. The van der Waals surface area contributed by atoms with Crippen molar-refractivity contribution >= 4 is 12.1 Å². The molecule has 0 saturated carbocycles. The largest absolute Gasteiger partial charge is 0.453 e. The minimum absolute atomic E-state index is 0.0947. The average molecular weight is 291 g/mol. The fraction of sp³-hybridized carbons (Fsp3) is 0.467. The van der Waals surface area contributed by atoms with Crippen LogP contribution in [0.1, 0.15) is 11.1 Å². The van der Waals surface area contributed by atoms with E-state index in [9.17, 15) is 9.59 Å². The second-order valence-electron chi connectivity index (χ2n) is 5.03. The van der Waals surface area contributed by atoms with Crippen LogP contribution in [0.3, 0.4) is 0 Å². The van der Waals surface area contributed by atoms with E-state index in [1.165, 1.54) is 7.11 Å². The number of amides is 3. The molecule has 2 rings (SSSR count). The van der Waals surface area contributed by atoms with Crippen LogP contribution < -0.4 is 5.32 Å². The molecule has 1 aliphatic heterocycles. The van der Waals surface area contributed by atoms with Crippen LogP contribution >= 0.6 is 0 Å². The van der Waals surface area contributed by atoms with Crippen molar-refractivity contribution in [2.45, 2.75) is 13.5 Å². The van der Waals surface area contributed by atoms with Crippen molar-refractivity contribution in [1.82, 2.24) is 15.1 Å². The maximum Gasteiger partial charge on any atom is 0.409 e. The normalized spacial score (nSPS) is 14.8. The lowest BCUT2D eigenvalue weighted by Gasteiger charge is -2.33. The highest BCUT2D eigenvalue weighted by molar-refractivity contribution is 5.75. The summed E-state index contributed by atoms with van der Waals surface area (Å²) in [4.78, 5) is 26.8. The molecule has 1 aliphatic rings. The zero-order valence-electron chi connectivity index (χ0n) is 12.5. The first-order valence-corrected chi connectivity index (χ1v) is 7.02. The number of hydrogen-bond acceptors (Lipinski definition) is 3. The van der Waals surface area contributed by atoms with E-state index in [4.69, 9.17) is 0 Å². The van der Waals surface area contributed by atoms with Crippen molar-refractivity contribution < 1.29 is 14.3 Å². The molecule has 6 nitrogen and oxygen atoms in total. The topological polar surface area (TPSA) is 61.9 Å². The Balaban J connectivity index is 1.80. The number of rotatable bonds is 2. The van der Waals surface area contributed by atoms with Gasteiger partial charge >= 0.3 is 12.1 Å². The molecule has 0 atom stereocenters. The fourth-order valence-corrected chi connectivity index (χ4v) is 2.31. The fourth-order valence-electron chi connectivity index (χ4n) is 2.31. The van der Waals surface area contributed by atoms with Crippen LogP contribution in [0, 0.1) is 6.92 Å². The van der Waals surface area contributed by atoms with Crippen molar-refractivity contribution in [1.29, 1.82) is 0 Å². The SMILES string of the molecule is COC(=O)N1CCN(C(=O)NCc2ccccc2C)CC1. The first kappa shape index (κ1) is 15.2. The maximum atomic E-state index is 12.1. The summed E-state index contributed by atoms with van der Waals surface area (Å²) in [6.07, 6.45) is -0.338. The van der Waals surface area contributed by atoms with Crippen molar-refractivity contribution in [3.8, 4) is 0 Å². The Kier molecular flexibility index (Phi) is 5.03. The molecule has 0 spiro atoms. The molecule has 1 heterocycles. The van der Waals surface area contributed by atoms with Crippen molar-refractivity contribution in [2.75, 3.05) is 33.3 Å². The van der Waals surface area contributed by atoms with Crippen molar-refractivity contribution in [2.24, 2.45) is 0 Å². The summed E-state index contributed by atoms with van der Waals surface area (Å²) in [7, 11) is 1.36. The third kappa shape index (κ3) is 3.87. The highest BCUT2D eigenvalue weighted by Crippen LogP contribution is 2.07. The van der Waals surface area contributed by atoms with Gasteiger partial charge in [-0.2, -0.15) is 0 Å². The lowest BCUT2D eigenvalue weighted by atomic mass is 10.1. The molecule has 21 heavy (non-hydrogen) atoms. The highest BCUT2D eigenvalue weighted by atomic mass is 16.5. The predicted octanol–water partition coefficient (Wildman–Crippen LogP) is 1.59. The number of ether oxygens (including phenoxy) is 1. The van der Waals surface area contributed by atoms with Crippen molar-refractivity contribution in [3.05, 3.63) is 35.4 Å². The van der Waals surface area contributed by atoms with E-state index < -0.39 is 0 Å². The molecule has 1 aromatic rings. The standard InChI is InChI=1S/C15H21N3O3/c1-12-5-3-4-6-13(12)11-16-14(19)17-7-9-18(10-8-17)15(20)21-2/h3-6H,7-11H2,1-2H3,(H,16,19).